The van der Waals surface area contributed by atoms with Crippen LogP contribution < -0.4 is 0 Å². The molecule has 10 heteroatoms. The fraction of sp³-hybridized carbons (Fsp3) is 0.500. The maximum absolute atomic E-state index is 13.5. The zero-order valence-corrected chi connectivity index (χ0v) is 20.7. The average Bonchev–Trinajstić information content (AvgIpc) is 3.39. The summed E-state index contributed by atoms with van der Waals surface area (Å²) in [6, 6.07) is 5.45. The van der Waals surface area contributed by atoms with E-state index in [1.54, 1.807) is 17.2 Å². The smallest absolute Gasteiger partial charge is 0.254 e. The fourth-order valence-electron chi connectivity index (χ4n) is 3.87. The molecule has 1 aliphatic heterocycles. The van der Waals surface area contributed by atoms with Crippen molar-refractivity contribution < 1.29 is 13.2 Å². The molecule has 0 N–H and O–H groups in total. The Morgan fingerprint density at radius 3 is 2.34 bits per heavy atom. The molecule has 1 saturated heterocycles. The number of carbonyl (C=O) groups excluding carboxylic acids is 1. The molecular weight excluding hydrogens is 446 g/mol. The zero-order valence-electron chi connectivity index (χ0n) is 19.1. The third-order valence-corrected chi connectivity index (χ3v) is 9.10. The number of thiophene rings is 1. The third kappa shape index (κ3) is 4.06. The third-order valence-electron chi connectivity index (χ3n) is 5.73. The number of hydrogen-bond acceptors (Lipinski definition) is 6. The standard InChI is InChI=1S/C22H29N5O3S2/c1-14(2)19-12-17(18-13-23-27(15(3)4)21(18)24-19)22(28)25-8-10-26(11-9-25)32(29,30)20-7-6-16(5)31-20/h6-7,12-15H,8-11H2,1-5H3. The summed E-state index contributed by atoms with van der Waals surface area (Å²) in [5.41, 5.74) is 2.14. The Hall–Kier alpha value is -2.30. The van der Waals surface area contributed by atoms with E-state index in [1.165, 1.54) is 15.6 Å². The Morgan fingerprint density at radius 2 is 1.78 bits per heavy atom. The molecule has 0 aliphatic carbocycles. The Labute approximate surface area is 192 Å². The van der Waals surface area contributed by atoms with Crippen molar-refractivity contribution in [3.8, 4) is 0 Å². The van der Waals surface area contributed by atoms with Crippen LogP contribution in [0.25, 0.3) is 11.0 Å². The number of fused-ring (bicyclic) bond motifs is 1. The molecule has 3 aromatic rings. The van der Waals surface area contributed by atoms with Crippen LogP contribution in [0.2, 0.25) is 0 Å². The molecular formula is C22H29N5O3S2. The van der Waals surface area contributed by atoms with Crippen LogP contribution in [0.3, 0.4) is 0 Å². The van der Waals surface area contributed by atoms with Gasteiger partial charge in [-0.15, -0.1) is 11.3 Å². The molecule has 1 amide bonds. The van der Waals surface area contributed by atoms with Crippen molar-refractivity contribution >= 4 is 38.3 Å². The summed E-state index contributed by atoms with van der Waals surface area (Å²) in [5, 5.41) is 5.19. The highest BCUT2D eigenvalue weighted by Crippen LogP contribution is 2.28. The Balaban J connectivity index is 1.59. The number of amides is 1. The molecule has 1 fully saturated rings. The first-order valence-corrected chi connectivity index (χ1v) is 13.1. The van der Waals surface area contributed by atoms with Crippen LogP contribution >= 0.6 is 11.3 Å². The quantitative estimate of drug-likeness (QED) is 0.562. The monoisotopic (exact) mass is 475 g/mol. The van der Waals surface area contributed by atoms with Crippen LogP contribution in [-0.4, -0.2) is 64.5 Å². The van der Waals surface area contributed by atoms with Gasteiger partial charge in [-0.1, -0.05) is 13.8 Å². The van der Waals surface area contributed by atoms with Crippen molar-refractivity contribution in [1.29, 1.82) is 0 Å². The topological polar surface area (TPSA) is 88.4 Å². The van der Waals surface area contributed by atoms with Gasteiger partial charge in [-0.2, -0.15) is 9.40 Å². The molecule has 0 unspecified atom stereocenters. The minimum absolute atomic E-state index is 0.105. The van der Waals surface area contributed by atoms with Crippen LogP contribution in [-0.2, 0) is 10.0 Å². The first-order chi connectivity index (χ1) is 15.1. The molecule has 0 aromatic carbocycles. The second kappa shape index (κ2) is 8.57. The molecule has 0 atom stereocenters. The number of carbonyl (C=O) groups is 1. The van der Waals surface area contributed by atoms with E-state index in [2.05, 4.69) is 18.9 Å². The van der Waals surface area contributed by atoms with E-state index in [-0.39, 0.29) is 31.0 Å². The van der Waals surface area contributed by atoms with Gasteiger partial charge in [0.2, 0.25) is 0 Å². The first-order valence-electron chi connectivity index (χ1n) is 10.8. The van der Waals surface area contributed by atoms with Gasteiger partial charge in [0.25, 0.3) is 15.9 Å². The maximum Gasteiger partial charge on any atom is 0.254 e. The molecule has 0 radical (unpaired) electrons. The van der Waals surface area contributed by atoms with Gasteiger partial charge in [0.05, 0.1) is 17.1 Å². The Morgan fingerprint density at radius 1 is 1.09 bits per heavy atom. The molecule has 1 aliphatic rings. The van der Waals surface area contributed by atoms with E-state index in [1.807, 2.05) is 37.6 Å². The van der Waals surface area contributed by atoms with E-state index in [9.17, 15) is 13.2 Å². The normalized spacial score (nSPS) is 15.9. The van der Waals surface area contributed by atoms with Crippen molar-refractivity contribution in [3.63, 3.8) is 0 Å². The molecule has 32 heavy (non-hydrogen) atoms. The minimum atomic E-state index is -3.52. The summed E-state index contributed by atoms with van der Waals surface area (Å²) in [5.74, 6) is 0.0596. The summed E-state index contributed by atoms with van der Waals surface area (Å²) >= 11 is 1.28. The van der Waals surface area contributed by atoms with E-state index >= 15 is 0 Å². The number of piperazine rings is 1. The number of aryl methyl sites for hydroxylation is 1. The van der Waals surface area contributed by atoms with E-state index < -0.39 is 10.0 Å². The molecule has 3 aromatic heterocycles. The summed E-state index contributed by atoms with van der Waals surface area (Å²) in [6.45, 7) is 11.3. The maximum atomic E-state index is 13.5. The van der Waals surface area contributed by atoms with E-state index in [4.69, 9.17) is 4.98 Å². The highest BCUT2D eigenvalue weighted by Gasteiger charge is 2.32. The predicted molar refractivity (Wildman–Crippen MR) is 126 cm³/mol. The van der Waals surface area contributed by atoms with Crippen LogP contribution in [0.1, 0.15) is 60.6 Å². The number of nitrogens with zero attached hydrogens (tertiary/aromatic N) is 5. The van der Waals surface area contributed by atoms with Gasteiger partial charge in [-0.3, -0.25) is 4.79 Å². The second-order valence-corrected chi connectivity index (χ2v) is 12.2. The molecule has 0 saturated carbocycles. The van der Waals surface area contributed by atoms with Crippen LogP contribution in [0, 0.1) is 6.92 Å². The van der Waals surface area contributed by atoms with Gasteiger partial charge in [-0.05, 0) is 44.9 Å². The number of aromatic nitrogens is 3. The fourth-order valence-corrected chi connectivity index (χ4v) is 6.73. The molecule has 0 bridgehead atoms. The van der Waals surface area contributed by atoms with E-state index in [0.717, 1.165) is 16.0 Å². The average molecular weight is 476 g/mol. The van der Waals surface area contributed by atoms with Crippen molar-refractivity contribution in [2.45, 2.75) is 50.8 Å². The highest BCUT2D eigenvalue weighted by molar-refractivity contribution is 7.91. The number of rotatable bonds is 5. The van der Waals surface area contributed by atoms with Crippen LogP contribution in [0.5, 0.6) is 0 Å². The number of sulfonamides is 1. The minimum Gasteiger partial charge on any atom is -0.336 e. The largest absolute Gasteiger partial charge is 0.336 e. The van der Waals surface area contributed by atoms with Gasteiger partial charge < -0.3 is 4.90 Å². The summed E-state index contributed by atoms with van der Waals surface area (Å²) < 4.78 is 29.5. The Kier molecular flexibility index (Phi) is 6.12. The van der Waals surface area contributed by atoms with Crippen molar-refractivity contribution in [2.24, 2.45) is 0 Å². The lowest BCUT2D eigenvalue weighted by Crippen LogP contribution is -2.50. The predicted octanol–water partition coefficient (Wildman–Crippen LogP) is 3.65. The molecule has 4 rings (SSSR count). The number of pyridine rings is 1. The van der Waals surface area contributed by atoms with Gasteiger partial charge in [0.15, 0.2) is 5.65 Å². The van der Waals surface area contributed by atoms with Gasteiger partial charge >= 0.3 is 0 Å². The van der Waals surface area contributed by atoms with Crippen molar-refractivity contribution in [2.75, 3.05) is 26.2 Å². The van der Waals surface area contributed by atoms with Crippen LogP contribution in [0.4, 0.5) is 0 Å². The SMILES string of the molecule is Cc1ccc(S(=O)(=O)N2CCN(C(=O)c3cc(C(C)C)nc4c3cnn4C(C)C)CC2)s1. The summed E-state index contributed by atoms with van der Waals surface area (Å²) in [6.07, 6.45) is 1.71. The van der Waals surface area contributed by atoms with Crippen molar-refractivity contribution in [1.82, 2.24) is 24.0 Å². The van der Waals surface area contributed by atoms with Gasteiger partial charge in [0.1, 0.15) is 4.21 Å². The van der Waals surface area contributed by atoms with Gasteiger partial charge in [0, 0.05) is 42.8 Å². The van der Waals surface area contributed by atoms with Crippen LogP contribution in [0.15, 0.2) is 28.6 Å². The summed E-state index contributed by atoms with van der Waals surface area (Å²) in [4.78, 5) is 21.0. The lowest BCUT2D eigenvalue weighted by atomic mass is 10.0. The number of hydrogen-bond donors (Lipinski definition) is 0. The molecule has 172 valence electrons. The second-order valence-electron chi connectivity index (χ2n) is 8.73. The van der Waals surface area contributed by atoms with Gasteiger partial charge in [-0.25, -0.2) is 18.1 Å². The lowest BCUT2D eigenvalue weighted by molar-refractivity contribution is 0.0699. The van der Waals surface area contributed by atoms with Crippen molar-refractivity contribution in [3.05, 3.63) is 40.5 Å². The first kappa shape index (κ1) is 22.9. The Bertz CT molecular complexity index is 1250. The lowest BCUT2D eigenvalue weighted by Gasteiger charge is -2.34. The molecule has 4 heterocycles. The summed E-state index contributed by atoms with van der Waals surface area (Å²) in [7, 11) is -3.52. The zero-order chi connectivity index (χ0) is 23.2. The van der Waals surface area contributed by atoms with E-state index in [0.29, 0.717) is 28.5 Å². The highest BCUT2D eigenvalue weighted by atomic mass is 32.2. The molecule has 8 nitrogen and oxygen atoms in total. The molecule has 0 spiro atoms.